The SMILES string of the molecule is O=C(O)N1CC2(C=c3ccccc3=NC2)C1. The largest absolute Gasteiger partial charge is 0.465 e. The Morgan fingerprint density at radius 3 is 2.88 bits per heavy atom. The second-order valence-corrected chi connectivity index (χ2v) is 4.52. The number of hydrogen-bond donors (Lipinski definition) is 1. The van der Waals surface area contributed by atoms with Crippen LogP contribution in [0.25, 0.3) is 6.08 Å². The first-order chi connectivity index (χ1) is 7.69. The third-order valence-corrected chi connectivity index (χ3v) is 3.24. The number of para-hydroxylation sites is 1. The highest BCUT2D eigenvalue weighted by molar-refractivity contribution is 5.67. The number of carbonyl (C=O) groups is 1. The van der Waals surface area contributed by atoms with Crippen LogP contribution in [0.3, 0.4) is 0 Å². The molecule has 2 aliphatic heterocycles. The van der Waals surface area contributed by atoms with E-state index in [1.165, 1.54) is 4.90 Å². The highest BCUT2D eigenvalue weighted by Crippen LogP contribution is 2.33. The molecule has 1 spiro atoms. The van der Waals surface area contributed by atoms with Crippen LogP contribution in [0.15, 0.2) is 29.3 Å². The van der Waals surface area contributed by atoms with Gasteiger partial charge in [0, 0.05) is 18.5 Å². The van der Waals surface area contributed by atoms with Gasteiger partial charge in [0.2, 0.25) is 0 Å². The molecule has 0 radical (unpaired) electrons. The minimum atomic E-state index is -0.835. The average Bonchev–Trinajstić information content (AvgIpc) is 2.25. The Morgan fingerprint density at radius 1 is 1.38 bits per heavy atom. The van der Waals surface area contributed by atoms with Crippen molar-refractivity contribution in [3.63, 3.8) is 0 Å². The van der Waals surface area contributed by atoms with Gasteiger partial charge in [-0.05, 0) is 11.3 Å². The molecular formula is C12H12N2O2. The maximum atomic E-state index is 10.7. The minimum Gasteiger partial charge on any atom is -0.465 e. The van der Waals surface area contributed by atoms with Crippen molar-refractivity contribution in [1.82, 2.24) is 4.90 Å². The van der Waals surface area contributed by atoms with Crippen molar-refractivity contribution in [2.75, 3.05) is 19.6 Å². The lowest BCUT2D eigenvalue weighted by molar-refractivity contribution is 0.0546. The number of rotatable bonds is 0. The third kappa shape index (κ3) is 1.30. The number of nitrogens with zero attached hydrogens (tertiary/aromatic N) is 2. The molecule has 1 saturated heterocycles. The van der Waals surface area contributed by atoms with Crippen LogP contribution in [0.1, 0.15) is 0 Å². The van der Waals surface area contributed by atoms with Gasteiger partial charge in [0.1, 0.15) is 0 Å². The van der Waals surface area contributed by atoms with Crippen LogP contribution in [0.2, 0.25) is 0 Å². The first-order valence-corrected chi connectivity index (χ1v) is 5.29. The van der Waals surface area contributed by atoms with Gasteiger partial charge in [-0.3, -0.25) is 4.99 Å². The lowest BCUT2D eigenvalue weighted by Crippen LogP contribution is -2.60. The van der Waals surface area contributed by atoms with Crippen molar-refractivity contribution in [3.8, 4) is 0 Å². The third-order valence-electron chi connectivity index (χ3n) is 3.24. The summed E-state index contributed by atoms with van der Waals surface area (Å²) in [7, 11) is 0. The smallest absolute Gasteiger partial charge is 0.407 e. The van der Waals surface area contributed by atoms with Crippen molar-refractivity contribution < 1.29 is 9.90 Å². The Kier molecular flexibility index (Phi) is 1.80. The molecule has 0 bridgehead atoms. The Hall–Kier alpha value is -1.84. The molecule has 2 heterocycles. The highest BCUT2D eigenvalue weighted by atomic mass is 16.4. The number of benzene rings is 1. The second kappa shape index (κ2) is 3.07. The summed E-state index contributed by atoms with van der Waals surface area (Å²) < 4.78 is 0. The molecule has 4 heteroatoms. The van der Waals surface area contributed by atoms with Crippen LogP contribution < -0.4 is 10.6 Å². The van der Waals surface area contributed by atoms with Crippen molar-refractivity contribution >= 4 is 12.2 Å². The fraction of sp³-hybridized carbons (Fsp3) is 0.333. The summed E-state index contributed by atoms with van der Waals surface area (Å²) in [4.78, 5) is 16.7. The monoisotopic (exact) mass is 216 g/mol. The molecule has 1 fully saturated rings. The summed E-state index contributed by atoms with van der Waals surface area (Å²) in [5, 5.41) is 11.0. The predicted octanol–water partition coefficient (Wildman–Crippen LogP) is 0.0803. The number of fused-ring (bicyclic) bond motifs is 1. The van der Waals surface area contributed by atoms with Gasteiger partial charge in [0.05, 0.1) is 11.9 Å². The zero-order chi connectivity index (χ0) is 11.2. The van der Waals surface area contributed by atoms with Crippen LogP contribution in [0.4, 0.5) is 4.79 Å². The van der Waals surface area contributed by atoms with Gasteiger partial charge in [-0.2, -0.15) is 0 Å². The van der Waals surface area contributed by atoms with E-state index in [1.807, 2.05) is 24.3 Å². The molecule has 0 aliphatic carbocycles. The molecule has 0 saturated carbocycles. The van der Waals surface area contributed by atoms with Crippen LogP contribution >= 0.6 is 0 Å². The topological polar surface area (TPSA) is 52.9 Å². The van der Waals surface area contributed by atoms with Gasteiger partial charge in [-0.15, -0.1) is 0 Å². The molecule has 0 unspecified atom stereocenters. The van der Waals surface area contributed by atoms with Gasteiger partial charge in [0.25, 0.3) is 0 Å². The van der Waals surface area contributed by atoms with Crippen LogP contribution in [-0.2, 0) is 0 Å². The molecule has 82 valence electrons. The normalized spacial score (nSPS) is 20.4. The standard InChI is InChI=1S/C12H12N2O2/c15-11(16)14-7-12(8-14)5-9-3-1-2-4-10(9)13-6-12/h1-5H,6-8H2,(H,15,16). The molecule has 4 nitrogen and oxygen atoms in total. The number of carboxylic acid groups (broad SMARTS) is 1. The van der Waals surface area contributed by atoms with E-state index in [-0.39, 0.29) is 5.41 Å². The molecule has 2 aliphatic rings. The second-order valence-electron chi connectivity index (χ2n) is 4.52. The average molecular weight is 216 g/mol. The maximum absolute atomic E-state index is 10.7. The molecule has 1 amide bonds. The fourth-order valence-corrected chi connectivity index (χ4v) is 2.41. The van der Waals surface area contributed by atoms with Crippen LogP contribution in [0.5, 0.6) is 0 Å². The number of amides is 1. The Balaban J connectivity index is 1.94. The van der Waals surface area contributed by atoms with Crippen molar-refractivity contribution in [3.05, 3.63) is 34.8 Å². The van der Waals surface area contributed by atoms with E-state index in [4.69, 9.17) is 5.11 Å². The van der Waals surface area contributed by atoms with Gasteiger partial charge in [-0.1, -0.05) is 24.3 Å². The van der Waals surface area contributed by atoms with E-state index in [1.54, 1.807) is 0 Å². The molecule has 3 rings (SSSR count). The zero-order valence-corrected chi connectivity index (χ0v) is 8.76. The van der Waals surface area contributed by atoms with E-state index in [0.717, 1.165) is 10.6 Å². The predicted molar refractivity (Wildman–Crippen MR) is 58.6 cm³/mol. The molecule has 1 aromatic rings. The summed E-state index contributed by atoms with van der Waals surface area (Å²) in [6.07, 6.45) is 1.34. The lowest BCUT2D eigenvalue weighted by atomic mass is 9.78. The zero-order valence-electron chi connectivity index (χ0n) is 8.76. The van der Waals surface area contributed by atoms with Crippen molar-refractivity contribution in [1.29, 1.82) is 0 Å². The molecular weight excluding hydrogens is 204 g/mol. The molecule has 0 aromatic heterocycles. The van der Waals surface area contributed by atoms with Gasteiger partial charge in [-0.25, -0.2) is 4.79 Å². The first kappa shape index (κ1) is 9.39. The Morgan fingerprint density at radius 2 is 2.12 bits per heavy atom. The van der Waals surface area contributed by atoms with Gasteiger partial charge >= 0.3 is 6.09 Å². The maximum Gasteiger partial charge on any atom is 0.407 e. The summed E-state index contributed by atoms with van der Waals surface area (Å²) in [5.74, 6) is 0. The quantitative estimate of drug-likeness (QED) is 0.667. The minimum absolute atomic E-state index is 0.0489. The lowest BCUT2D eigenvalue weighted by Gasteiger charge is -2.46. The summed E-state index contributed by atoms with van der Waals surface area (Å²) in [6.45, 7) is 1.84. The number of hydrogen-bond acceptors (Lipinski definition) is 2. The van der Waals surface area contributed by atoms with E-state index in [9.17, 15) is 4.79 Å². The summed E-state index contributed by atoms with van der Waals surface area (Å²) >= 11 is 0. The fourth-order valence-electron chi connectivity index (χ4n) is 2.41. The molecule has 0 atom stereocenters. The molecule has 16 heavy (non-hydrogen) atoms. The Labute approximate surface area is 92.5 Å². The summed E-state index contributed by atoms with van der Waals surface area (Å²) in [6, 6.07) is 7.98. The first-order valence-electron chi connectivity index (χ1n) is 5.29. The van der Waals surface area contributed by atoms with E-state index in [2.05, 4.69) is 11.1 Å². The number of likely N-dealkylation sites (tertiary alicyclic amines) is 1. The summed E-state index contributed by atoms with van der Waals surface area (Å²) in [5.41, 5.74) is -0.0489. The van der Waals surface area contributed by atoms with Crippen LogP contribution in [-0.4, -0.2) is 35.7 Å². The van der Waals surface area contributed by atoms with Gasteiger partial charge in [0.15, 0.2) is 0 Å². The highest BCUT2D eigenvalue weighted by Gasteiger charge is 2.44. The van der Waals surface area contributed by atoms with E-state index < -0.39 is 6.09 Å². The van der Waals surface area contributed by atoms with Crippen molar-refractivity contribution in [2.24, 2.45) is 10.4 Å². The van der Waals surface area contributed by atoms with Crippen molar-refractivity contribution in [2.45, 2.75) is 0 Å². The van der Waals surface area contributed by atoms with E-state index >= 15 is 0 Å². The molecule has 1 N–H and O–H groups in total. The van der Waals surface area contributed by atoms with Crippen LogP contribution in [0, 0.1) is 5.41 Å². The van der Waals surface area contributed by atoms with Gasteiger partial charge < -0.3 is 10.0 Å². The Bertz CT molecular complexity index is 559. The molecule has 1 aromatic carbocycles. The van der Waals surface area contributed by atoms with E-state index in [0.29, 0.717) is 19.6 Å².